The van der Waals surface area contributed by atoms with Gasteiger partial charge in [-0.15, -0.1) is 0 Å². The molecule has 1 fully saturated rings. The fourth-order valence-corrected chi connectivity index (χ4v) is 2.90. The molecular formula is C17H22FNO. The summed E-state index contributed by atoms with van der Waals surface area (Å²) in [6.07, 6.45) is 3.74. The molecule has 0 amide bonds. The molecule has 1 aromatic carbocycles. The normalized spacial score (nSPS) is 23.2. The molecule has 1 aromatic rings. The molecule has 0 unspecified atom stereocenters. The van der Waals surface area contributed by atoms with Crippen LogP contribution in [-0.4, -0.2) is 28.7 Å². The number of hydrogen-bond donors (Lipinski definition) is 1. The highest BCUT2D eigenvalue weighted by atomic mass is 19.1. The Bertz CT molecular complexity index is 507. The van der Waals surface area contributed by atoms with Crippen LogP contribution >= 0.6 is 0 Å². The summed E-state index contributed by atoms with van der Waals surface area (Å²) < 4.78 is 13.6. The van der Waals surface area contributed by atoms with Crippen molar-refractivity contribution in [1.82, 2.24) is 4.90 Å². The Hall–Kier alpha value is -1.37. The van der Waals surface area contributed by atoms with E-state index >= 15 is 0 Å². The van der Waals surface area contributed by atoms with Crippen LogP contribution in [0.2, 0.25) is 0 Å². The number of piperidine rings is 1. The van der Waals surface area contributed by atoms with Crippen LogP contribution < -0.4 is 0 Å². The Morgan fingerprint density at radius 3 is 2.65 bits per heavy atom. The number of halogens is 1. The summed E-state index contributed by atoms with van der Waals surface area (Å²) in [6, 6.07) is 6.22. The molecule has 1 N–H and O–H groups in total. The van der Waals surface area contributed by atoms with Gasteiger partial charge in [0.2, 0.25) is 0 Å². The first-order chi connectivity index (χ1) is 9.61. The Morgan fingerprint density at radius 2 is 2.00 bits per heavy atom. The minimum absolute atomic E-state index is 0.246. The van der Waals surface area contributed by atoms with Gasteiger partial charge < -0.3 is 5.11 Å². The van der Waals surface area contributed by atoms with Gasteiger partial charge in [0.05, 0.1) is 5.56 Å². The molecule has 2 rings (SSSR count). The minimum Gasteiger partial charge on any atom is -0.384 e. The molecule has 0 aliphatic carbocycles. The molecule has 1 aliphatic heterocycles. The van der Waals surface area contributed by atoms with Crippen molar-refractivity contribution < 1.29 is 9.50 Å². The topological polar surface area (TPSA) is 23.5 Å². The number of likely N-dealkylation sites (tertiary alicyclic amines) is 1. The highest BCUT2D eigenvalue weighted by Crippen LogP contribution is 2.25. The maximum Gasteiger partial charge on any atom is 0.138 e. The number of nitrogens with zero attached hydrogens (tertiary/aromatic N) is 1. The lowest BCUT2D eigenvalue weighted by atomic mass is 9.96. The maximum atomic E-state index is 13.6. The molecule has 0 aromatic heterocycles. The summed E-state index contributed by atoms with van der Waals surface area (Å²) in [7, 11) is 0. The van der Waals surface area contributed by atoms with E-state index in [0.29, 0.717) is 17.6 Å². The lowest BCUT2D eigenvalue weighted by Crippen LogP contribution is -2.42. The zero-order chi connectivity index (χ0) is 14.5. The van der Waals surface area contributed by atoms with Crippen LogP contribution in [0.5, 0.6) is 0 Å². The van der Waals surface area contributed by atoms with Crippen molar-refractivity contribution >= 4 is 0 Å². The molecule has 0 radical (unpaired) electrons. The van der Waals surface area contributed by atoms with Crippen molar-refractivity contribution in [3.05, 3.63) is 35.1 Å². The van der Waals surface area contributed by atoms with Crippen LogP contribution in [0, 0.1) is 17.7 Å². The highest BCUT2D eigenvalue weighted by Gasteiger charge is 2.24. The standard InChI is InChI=1S/C17H22FNO/c1-13-5-3-6-14(2)19(13)12-15-8-9-17(18)16(11-15)7-4-10-20/h8-9,11,13-14,20H,3,5-6,10,12H2,1-2H3/t13-,14+. The molecule has 3 heteroatoms. The summed E-state index contributed by atoms with van der Waals surface area (Å²) in [5, 5.41) is 8.71. The zero-order valence-electron chi connectivity index (χ0n) is 12.2. The van der Waals surface area contributed by atoms with Gasteiger partial charge in [0.15, 0.2) is 0 Å². The maximum absolute atomic E-state index is 13.6. The molecule has 2 nitrogen and oxygen atoms in total. The molecule has 0 saturated carbocycles. The second-order valence-corrected chi connectivity index (χ2v) is 5.58. The number of aliphatic hydroxyl groups excluding tert-OH is 1. The van der Waals surface area contributed by atoms with Crippen molar-refractivity contribution in [2.24, 2.45) is 0 Å². The molecule has 0 bridgehead atoms. The van der Waals surface area contributed by atoms with Crippen molar-refractivity contribution in [3.8, 4) is 11.8 Å². The fourth-order valence-electron chi connectivity index (χ4n) is 2.90. The highest BCUT2D eigenvalue weighted by molar-refractivity contribution is 5.38. The van der Waals surface area contributed by atoms with Gasteiger partial charge in [-0.1, -0.05) is 24.3 Å². The average Bonchev–Trinajstić information content (AvgIpc) is 2.43. The van der Waals surface area contributed by atoms with E-state index in [-0.39, 0.29) is 12.4 Å². The summed E-state index contributed by atoms with van der Waals surface area (Å²) in [6.45, 7) is 5.09. The number of aliphatic hydroxyl groups is 1. The van der Waals surface area contributed by atoms with Gasteiger partial charge in [0.25, 0.3) is 0 Å². The molecule has 1 aliphatic rings. The molecule has 0 spiro atoms. The summed E-state index contributed by atoms with van der Waals surface area (Å²) >= 11 is 0. The van der Waals surface area contributed by atoms with Gasteiger partial charge in [-0.3, -0.25) is 4.90 Å². The molecule has 20 heavy (non-hydrogen) atoms. The van der Waals surface area contributed by atoms with E-state index in [1.165, 1.54) is 25.3 Å². The number of benzene rings is 1. The van der Waals surface area contributed by atoms with Crippen LogP contribution in [0.15, 0.2) is 18.2 Å². The second kappa shape index (κ2) is 6.88. The predicted octanol–water partition coefficient (Wildman–Crippen LogP) is 2.93. The lowest BCUT2D eigenvalue weighted by molar-refractivity contribution is 0.0952. The van der Waals surface area contributed by atoms with Crippen LogP contribution in [0.3, 0.4) is 0 Å². The van der Waals surface area contributed by atoms with Gasteiger partial charge >= 0.3 is 0 Å². The summed E-state index contributed by atoms with van der Waals surface area (Å²) in [5.41, 5.74) is 1.45. The van der Waals surface area contributed by atoms with Crippen molar-refractivity contribution in [1.29, 1.82) is 0 Å². The van der Waals surface area contributed by atoms with Gasteiger partial charge in [-0.05, 0) is 44.4 Å². The van der Waals surface area contributed by atoms with Crippen LogP contribution in [0.1, 0.15) is 44.2 Å². The van der Waals surface area contributed by atoms with E-state index in [1.54, 1.807) is 6.07 Å². The van der Waals surface area contributed by atoms with Crippen molar-refractivity contribution in [3.63, 3.8) is 0 Å². The largest absolute Gasteiger partial charge is 0.384 e. The predicted molar refractivity (Wildman–Crippen MR) is 78.7 cm³/mol. The first kappa shape index (κ1) is 15.0. The Labute approximate surface area is 120 Å². The Kier molecular flexibility index (Phi) is 5.17. The number of rotatable bonds is 2. The van der Waals surface area contributed by atoms with Crippen LogP contribution in [0.4, 0.5) is 4.39 Å². The average molecular weight is 275 g/mol. The summed E-state index contributed by atoms with van der Waals surface area (Å²) in [5.74, 6) is 4.85. The monoisotopic (exact) mass is 275 g/mol. The van der Waals surface area contributed by atoms with Crippen LogP contribution in [-0.2, 0) is 6.54 Å². The third kappa shape index (κ3) is 3.59. The third-order valence-electron chi connectivity index (χ3n) is 4.07. The smallest absolute Gasteiger partial charge is 0.138 e. The van der Waals surface area contributed by atoms with E-state index in [9.17, 15) is 4.39 Å². The Balaban J connectivity index is 2.16. The molecule has 108 valence electrons. The summed E-state index contributed by atoms with van der Waals surface area (Å²) in [4.78, 5) is 2.47. The second-order valence-electron chi connectivity index (χ2n) is 5.58. The van der Waals surface area contributed by atoms with E-state index in [4.69, 9.17) is 5.11 Å². The molecule has 1 saturated heterocycles. The van der Waals surface area contributed by atoms with E-state index in [1.807, 2.05) is 6.07 Å². The van der Waals surface area contributed by atoms with Crippen molar-refractivity contribution in [2.75, 3.05) is 6.61 Å². The van der Waals surface area contributed by atoms with Gasteiger partial charge in [0.1, 0.15) is 12.4 Å². The number of hydrogen-bond acceptors (Lipinski definition) is 2. The quantitative estimate of drug-likeness (QED) is 0.839. The first-order valence-corrected chi connectivity index (χ1v) is 7.25. The first-order valence-electron chi connectivity index (χ1n) is 7.25. The minimum atomic E-state index is -0.325. The lowest BCUT2D eigenvalue weighted by Gasteiger charge is -2.39. The van der Waals surface area contributed by atoms with Crippen LogP contribution in [0.25, 0.3) is 0 Å². The van der Waals surface area contributed by atoms with Gasteiger partial charge in [-0.25, -0.2) is 4.39 Å². The molecule has 2 atom stereocenters. The van der Waals surface area contributed by atoms with Gasteiger partial charge in [0, 0.05) is 18.6 Å². The molecular weight excluding hydrogens is 253 g/mol. The third-order valence-corrected chi connectivity index (χ3v) is 4.07. The Morgan fingerprint density at radius 1 is 1.30 bits per heavy atom. The SMILES string of the molecule is C[C@@H]1CCC[C@H](C)N1Cc1ccc(F)c(C#CCO)c1. The van der Waals surface area contributed by atoms with Gasteiger partial charge in [-0.2, -0.15) is 0 Å². The van der Waals surface area contributed by atoms with Crippen molar-refractivity contribution in [2.45, 2.75) is 51.7 Å². The van der Waals surface area contributed by atoms with E-state index in [0.717, 1.165) is 12.1 Å². The fraction of sp³-hybridized carbons (Fsp3) is 0.529. The van der Waals surface area contributed by atoms with E-state index in [2.05, 4.69) is 30.6 Å². The molecule has 1 heterocycles. The zero-order valence-corrected chi connectivity index (χ0v) is 12.2. The van der Waals surface area contributed by atoms with E-state index < -0.39 is 0 Å².